The van der Waals surface area contributed by atoms with Gasteiger partial charge in [-0.2, -0.15) is 0 Å². The largest absolute Gasteiger partial charge is 0.467 e. The van der Waals surface area contributed by atoms with Crippen LogP contribution in [0.2, 0.25) is 5.15 Å². The molecule has 0 aliphatic carbocycles. The minimum atomic E-state index is -0.187. The Balaban J connectivity index is 1.94. The number of aryl methyl sites for hydroxylation is 1. The van der Waals surface area contributed by atoms with Crippen LogP contribution in [0.25, 0.3) is 0 Å². The second-order valence-electron chi connectivity index (χ2n) is 4.36. The number of rotatable bonds is 4. The van der Waals surface area contributed by atoms with E-state index in [2.05, 4.69) is 15.3 Å². The van der Waals surface area contributed by atoms with E-state index in [1.807, 2.05) is 36.0 Å². The third kappa shape index (κ3) is 2.53. The third-order valence-corrected chi connectivity index (χ3v) is 3.21. The Morgan fingerprint density at radius 3 is 2.80 bits per heavy atom. The molecule has 0 fully saturated rings. The molecular formula is C14H13ClN4O. The van der Waals surface area contributed by atoms with Crippen LogP contribution < -0.4 is 5.32 Å². The van der Waals surface area contributed by atoms with E-state index in [1.54, 1.807) is 24.7 Å². The van der Waals surface area contributed by atoms with Crippen LogP contribution >= 0.6 is 11.6 Å². The lowest BCUT2D eigenvalue weighted by Gasteiger charge is -2.17. The van der Waals surface area contributed by atoms with Crippen LogP contribution in [0.4, 0.5) is 5.69 Å². The highest BCUT2D eigenvalue weighted by atomic mass is 35.5. The predicted octanol–water partition coefficient (Wildman–Crippen LogP) is 3.26. The van der Waals surface area contributed by atoms with Crippen molar-refractivity contribution < 1.29 is 4.42 Å². The fraction of sp³-hybridized carbons (Fsp3) is 0.143. The van der Waals surface area contributed by atoms with Crippen LogP contribution in [0.15, 0.2) is 53.5 Å². The second-order valence-corrected chi connectivity index (χ2v) is 4.75. The van der Waals surface area contributed by atoms with Crippen molar-refractivity contribution in [3.05, 3.63) is 65.9 Å². The second kappa shape index (κ2) is 5.38. The molecule has 1 atom stereocenters. The summed E-state index contributed by atoms with van der Waals surface area (Å²) in [4.78, 5) is 8.44. The maximum absolute atomic E-state index is 5.80. The molecule has 6 heteroatoms. The zero-order chi connectivity index (χ0) is 13.9. The van der Waals surface area contributed by atoms with Crippen molar-refractivity contribution in [3.8, 4) is 0 Å². The summed E-state index contributed by atoms with van der Waals surface area (Å²) in [5.74, 6) is 1.64. The Morgan fingerprint density at radius 2 is 2.20 bits per heavy atom. The average Bonchev–Trinajstić information content (AvgIpc) is 3.10. The molecule has 0 aliphatic rings. The van der Waals surface area contributed by atoms with E-state index < -0.39 is 0 Å². The fourth-order valence-corrected chi connectivity index (χ4v) is 2.11. The van der Waals surface area contributed by atoms with Crippen LogP contribution in [0, 0.1) is 0 Å². The van der Waals surface area contributed by atoms with Crippen molar-refractivity contribution in [2.24, 2.45) is 7.05 Å². The van der Waals surface area contributed by atoms with Crippen molar-refractivity contribution >= 4 is 17.3 Å². The number of aromatic nitrogens is 3. The van der Waals surface area contributed by atoms with E-state index in [4.69, 9.17) is 16.0 Å². The van der Waals surface area contributed by atoms with Gasteiger partial charge in [0.25, 0.3) is 0 Å². The van der Waals surface area contributed by atoms with Gasteiger partial charge in [-0.3, -0.25) is 0 Å². The van der Waals surface area contributed by atoms with E-state index in [-0.39, 0.29) is 6.04 Å². The van der Waals surface area contributed by atoms with Crippen LogP contribution in [-0.4, -0.2) is 14.5 Å². The van der Waals surface area contributed by atoms with Gasteiger partial charge in [-0.05, 0) is 24.3 Å². The summed E-state index contributed by atoms with van der Waals surface area (Å²) in [6.07, 6.45) is 6.98. The minimum absolute atomic E-state index is 0.187. The first-order valence-corrected chi connectivity index (χ1v) is 6.50. The fourth-order valence-electron chi connectivity index (χ4n) is 2.00. The lowest BCUT2D eigenvalue weighted by atomic mass is 10.2. The van der Waals surface area contributed by atoms with Gasteiger partial charge in [-0.25, -0.2) is 9.97 Å². The highest BCUT2D eigenvalue weighted by molar-refractivity contribution is 6.29. The molecule has 0 saturated carbocycles. The van der Waals surface area contributed by atoms with Gasteiger partial charge in [0.05, 0.1) is 18.1 Å². The lowest BCUT2D eigenvalue weighted by Crippen LogP contribution is -2.16. The first-order chi connectivity index (χ1) is 9.74. The minimum Gasteiger partial charge on any atom is -0.467 e. The smallest absolute Gasteiger partial charge is 0.143 e. The molecule has 1 N–H and O–H groups in total. The van der Waals surface area contributed by atoms with Gasteiger partial charge in [0, 0.05) is 19.4 Å². The summed E-state index contributed by atoms with van der Waals surface area (Å²) >= 11 is 5.80. The van der Waals surface area contributed by atoms with Crippen molar-refractivity contribution in [3.63, 3.8) is 0 Å². The van der Waals surface area contributed by atoms with Gasteiger partial charge in [0.1, 0.15) is 22.8 Å². The zero-order valence-corrected chi connectivity index (χ0v) is 11.6. The van der Waals surface area contributed by atoms with Gasteiger partial charge in [0.15, 0.2) is 0 Å². The predicted molar refractivity (Wildman–Crippen MR) is 76.6 cm³/mol. The molecule has 5 nitrogen and oxygen atoms in total. The molecule has 0 aliphatic heterocycles. The molecule has 3 rings (SSSR count). The Morgan fingerprint density at radius 1 is 1.30 bits per heavy atom. The summed E-state index contributed by atoms with van der Waals surface area (Å²) in [6, 6.07) is 7.19. The van der Waals surface area contributed by atoms with Gasteiger partial charge in [-0.15, -0.1) is 0 Å². The van der Waals surface area contributed by atoms with Gasteiger partial charge >= 0.3 is 0 Å². The molecule has 0 amide bonds. The quantitative estimate of drug-likeness (QED) is 0.749. The zero-order valence-electron chi connectivity index (χ0n) is 10.8. The van der Waals surface area contributed by atoms with Crippen LogP contribution in [0.3, 0.4) is 0 Å². The number of anilines is 1. The number of nitrogens with zero attached hydrogens (tertiary/aromatic N) is 3. The molecule has 0 radical (unpaired) electrons. The summed E-state index contributed by atoms with van der Waals surface area (Å²) in [5.41, 5.74) is 0.846. The van der Waals surface area contributed by atoms with Crippen LogP contribution in [0.1, 0.15) is 17.6 Å². The molecule has 0 aromatic carbocycles. The van der Waals surface area contributed by atoms with E-state index in [0.29, 0.717) is 5.15 Å². The molecule has 3 aromatic rings. The Kier molecular flexibility index (Phi) is 3.43. The summed E-state index contributed by atoms with van der Waals surface area (Å²) in [6.45, 7) is 0. The van der Waals surface area contributed by atoms with E-state index in [9.17, 15) is 0 Å². The highest BCUT2D eigenvalue weighted by Crippen LogP contribution is 2.25. The monoisotopic (exact) mass is 288 g/mol. The number of furan rings is 1. The Hall–Kier alpha value is -2.27. The molecule has 3 aromatic heterocycles. The van der Waals surface area contributed by atoms with Gasteiger partial charge < -0.3 is 14.3 Å². The van der Waals surface area contributed by atoms with Crippen molar-refractivity contribution in [2.75, 3.05) is 5.32 Å². The molecular weight excluding hydrogens is 276 g/mol. The maximum atomic E-state index is 5.80. The molecule has 3 heterocycles. The maximum Gasteiger partial charge on any atom is 0.143 e. The molecule has 102 valence electrons. The molecule has 0 saturated heterocycles. The van der Waals surface area contributed by atoms with Crippen molar-refractivity contribution in [1.29, 1.82) is 0 Å². The first kappa shape index (κ1) is 12.7. The van der Waals surface area contributed by atoms with Gasteiger partial charge in [-0.1, -0.05) is 11.6 Å². The summed E-state index contributed by atoms with van der Waals surface area (Å²) < 4.78 is 7.46. The van der Waals surface area contributed by atoms with E-state index in [0.717, 1.165) is 17.3 Å². The molecule has 0 spiro atoms. The molecule has 1 unspecified atom stereocenters. The number of hydrogen-bond acceptors (Lipinski definition) is 4. The SMILES string of the molecule is Cn1ccnc1C(Nc1ccc(Cl)nc1)c1ccco1. The van der Waals surface area contributed by atoms with Crippen LogP contribution in [0.5, 0.6) is 0 Å². The summed E-state index contributed by atoms with van der Waals surface area (Å²) in [5, 5.41) is 3.81. The average molecular weight is 289 g/mol. The Bertz CT molecular complexity index is 676. The standard InChI is InChI=1S/C14H13ClN4O/c1-19-7-6-16-14(19)13(11-3-2-8-20-11)18-10-4-5-12(15)17-9-10/h2-9,13,18H,1H3. The number of imidazole rings is 1. The van der Waals surface area contributed by atoms with E-state index >= 15 is 0 Å². The molecule has 0 bridgehead atoms. The number of nitrogens with one attached hydrogen (secondary N) is 1. The van der Waals surface area contributed by atoms with E-state index in [1.165, 1.54) is 0 Å². The number of halogens is 1. The van der Waals surface area contributed by atoms with Crippen molar-refractivity contribution in [2.45, 2.75) is 6.04 Å². The topological polar surface area (TPSA) is 55.9 Å². The van der Waals surface area contributed by atoms with Gasteiger partial charge in [0.2, 0.25) is 0 Å². The molecule has 20 heavy (non-hydrogen) atoms. The lowest BCUT2D eigenvalue weighted by molar-refractivity contribution is 0.488. The summed E-state index contributed by atoms with van der Waals surface area (Å²) in [7, 11) is 1.94. The Labute approximate surface area is 121 Å². The van der Waals surface area contributed by atoms with Crippen LogP contribution in [-0.2, 0) is 7.05 Å². The number of hydrogen-bond donors (Lipinski definition) is 1. The first-order valence-electron chi connectivity index (χ1n) is 6.13. The van der Waals surface area contributed by atoms with Crippen molar-refractivity contribution in [1.82, 2.24) is 14.5 Å². The third-order valence-electron chi connectivity index (χ3n) is 2.98. The number of pyridine rings is 1. The normalized spacial score (nSPS) is 12.3. The highest BCUT2D eigenvalue weighted by Gasteiger charge is 2.20.